The molecule has 0 spiro atoms. The van der Waals surface area contributed by atoms with Crippen LogP contribution in [0.1, 0.15) is 72.6 Å². The summed E-state index contributed by atoms with van der Waals surface area (Å²) in [6, 6.07) is 7.40. The quantitative estimate of drug-likeness (QED) is 0.0978. The summed E-state index contributed by atoms with van der Waals surface area (Å²) in [5, 5.41) is 20.9. The molecular weight excluding hydrogens is 843 g/mol. The van der Waals surface area contributed by atoms with Gasteiger partial charge in [-0.05, 0) is 67.5 Å². The first-order valence-corrected chi connectivity index (χ1v) is 20.9. The minimum absolute atomic E-state index is 0.00682. The number of aromatic nitrogens is 5. The summed E-state index contributed by atoms with van der Waals surface area (Å²) in [5.41, 5.74) is -2.99. The Morgan fingerprint density at radius 2 is 1.73 bits per heavy atom. The van der Waals surface area contributed by atoms with Crippen LogP contribution in [0.2, 0.25) is 5.02 Å². The van der Waals surface area contributed by atoms with Crippen molar-refractivity contribution in [1.29, 1.82) is 0 Å². The number of carbonyl (C=O) groups excluding carboxylic acids is 1. The van der Waals surface area contributed by atoms with Gasteiger partial charge in [0.1, 0.15) is 29.6 Å². The number of pyridine rings is 1. The van der Waals surface area contributed by atoms with Gasteiger partial charge in [-0.3, -0.25) is 18.9 Å². The number of halogens is 8. The number of nitrogens with one attached hydrogen (secondary N) is 2. The van der Waals surface area contributed by atoms with E-state index in [1.807, 2.05) is 0 Å². The largest absolute Gasteiger partial charge is 0.435 e. The monoisotopic (exact) mass is 879 g/mol. The maximum atomic E-state index is 15.4. The van der Waals surface area contributed by atoms with Crippen LogP contribution in [0.4, 0.5) is 36.6 Å². The van der Waals surface area contributed by atoms with Gasteiger partial charge in [-0.15, -0.1) is 0 Å². The third-order valence-electron chi connectivity index (χ3n) is 10.8. The second-order valence-corrected chi connectivity index (χ2v) is 17.5. The van der Waals surface area contributed by atoms with Gasteiger partial charge in [0, 0.05) is 35.7 Å². The molecule has 2 aromatic carbocycles. The van der Waals surface area contributed by atoms with Crippen LogP contribution in [-0.4, -0.2) is 56.8 Å². The summed E-state index contributed by atoms with van der Waals surface area (Å²) in [5.74, 6) is -2.28. The number of alkyl halides is 5. The highest BCUT2D eigenvalue weighted by Crippen LogP contribution is 2.49. The first kappa shape index (κ1) is 42.9. The lowest BCUT2D eigenvalue weighted by atomic mass is 9.88. The van der Waals surface area contributed by atoms with Crippen LogP contribution in [0.5, 0.6) is 0 Å². The van der Waals surface area contributed by atoms with E-state index >= 15 is 8.78 Å². The fourth-order valence-electron chi connectivity index (χ4n) is 8.08. The number of fused-ring (bicyclic) bond motifs is 2. The zero-order valence-corrected chi connectivity index (χ0v) is 33.8. The summed E-state index contributed by atoms with van der Waals surface area (Å²) in [6.45, 7) is -0.226. The summed E-state index contributed by atoms with van der Waals surface area (Å²) < 4.78 is 131. The number of aliphatic hydroxyl groups is 1. The lowest BCUT2D eigenvalue weighted by Crippen LogP contribution is -2.35. The Hall–Kier alpha value is -5.19. The molecule has 7 rings (SSSR count). The zero-order valence-electron chi connectivity index (χ0n) is 32.2. The highest BCUT2D eigenvalue weighted by molar-refractivity contribution is 7.92. The van der Waals surface area contributed by atoms with E-state index in [0.29, 0.717) is 29.2 Å². The number of benzene rings is 2. The molecule has 318 valence electrons. The number of sulfonamides is 1. The molecule has 2 aliphatic rings. The summed E-state index contributed by atoms with van der Waals surface area (Å²) in [7, 11) is -2.34. The molecule has 5 aromatic rings. The molecular formula is C40H37ClF7N7O4S. The lowest BCUT2D eigenvalue weighted by Gasteiger charge is -2.23. The predicted octanol–water partition coefficient (Wildman–Crippen LogP) is 7.44. The van der Waals surface area contributed by atoms with E-state index in [1.54, 1.807) is 18.2 Å². The average Bonchev–Trinajstić information content (AvgIpc) is 3.90. The highest BCUT2D eigenvalue weighted by Gasteiger charge is 2.54. The maximum absolute atomic E-state index is 15.4. The molecule has 1 amide bonds. The fourth-order valence-corrected chi connectivity index (χ4v) is 8.82. The third kappa shape index (κ3) is 8.41. The predicted molar refractivity (Wildman–Crippen MR) is 207 cm³/mol. The minimum atomic E-state index is -5.10. The average molecular weight is 880 g/mol. The van der Waals surface area contributed by atoms with E-state index in [-0.39, 0.29) is 57.3 Å². The van der Waals surface area contributed by atoms with Crippen molar-refractivity contribution in [3.63, 3.8) is 0 Å². The number of rotatable bonds is 10. The molecule has 2 atom stereocenters. The van der Waals surface area contributed by atoms with Gasteiger partial charge in [-0.25, -0.2) is 22.2 Å². The first-order valence-electron chi connectivity index (χ1n) is 18.7. The molecule has 60 heavy (non-hydrogen) atoms. The van der Waals surface area contributed by atoms with Crippen LogP contribution in [0.3, 0.4) is 0 Å². The Bertz CT molecular complexity index is 2680. The number of aryl methyl sites for hydroxylation is 1. The van der Waals surface area contributed by atoms with Crippen LogP contribution >= 0.6 is 11.6 Å². The van der Waals surface area contributed by atoms with Gasteiger partial charge in [-0.1, -0.05) is 43.4 Å². The molecule has 11 nitrogen and oxygen atoms in total. The van der Waals surface area contributed by atoms with Crippen molar-refractivity contribution in [1.82, 2.24) is 29.9 Å². The number of anilines is 1. The number of hydrogen-bond acceptors (Lipinski definition) is 7. The molecule has 3 heterocycles. The van der Waals surface area contributed by atoms with Gasteiger partial charge in [0.05, 0.1) is 45.9 Å². The standard InChI is InChI=1S/C40H37ClF7N7O4S/c1-21-14-28-35(40(46,47)48)51-55(36(28)39(21,44)45)19-31(57)50-30(17-22-15-23(42)18-24(43)16-22)33-26(7-6-25(49-33)10-13-38(20-56)11-4-5-12-38)27-8-9-29(41)32-34(27)54(2)52-37(32)53-60(3,58)59/h6-9,15-16,18,21,30,56H,4-5,11-12,14,17,19-20H2,1-3H3,(H,50,57)(H,52,53)/t21-,30+/m1/s1. The van der Waals surface area contributed by atoms with Crippen molar-refractivity contribution >= 4 is 44.3 Å². The molecule has 0 bridgehead atoms. The minimum Gasteiger partial charge on any atom is -0.395 e. The summed E-state index contributed by atoms with van der Waals surface area (Å²) >= 11 is 6.60. The van der Waals surface area contributed by atoms with Crippen molar-refractivity contribution in [2.24, 2.45) is 18.4 Å². The van der Waals surface area contributed by atoms with E-state index in [9.17, 15) is 40.3 Å². The van der Waals surface area contributed by atoms with E-state index in [2.05, 4.69) is 32.1 Å². The Morgan fingerprint density at radius 1 is 1.07 bits per heavy atom. The van der Waals surface area contributed by atoms with Crippen LogP contribution in [-0.2, 0) is 53.4 Å². The van der Waals surface area contributed by atoms with Gasteiger partial charge in [0.15, 0.2) is 11.5 Å². The van der Waals surface area contributed by atoms with Crippen LogP contribution in [0, 0.1) is 34.8 Å². The molecule has 2 aliphatic carbocycles. The topological polar surface area (TPSA) is 144 Å². The van der Waals surface area contributed by atoms with Gasteiger partial charge in [0.25, 0.3) is 5.92 Å². The van der Waals surface area contributed by atoms with E-state index in [4.69, 9.17) is 16.6 Å². The highest BCUT2D eigenvalue weighted by atomic mass is 35.5. The van der Waals surface area contributed by atoms with Crippen molar-refractivity contribution in [2.45, 2.75) is 70.1 Å². The molecule has 0 radical (unpaired) electrons. The second-order valence-electron chi connectivity index (χ2n) is 15.4. The maximum Gasteiger partial charge on any atom is 0.435 e. The first-order chi connectivity index (χ1) is 28.1. The molecule has 20 heteroatoms. The van der Waals surface area contributed by atoms with E-state index in [0.717, 1.165) is 38.2 Å². The fraction of sp³-hybridized carbons (Fsp3) is 0.400. The Kier molecular flexibility index (Phi) is 11.2. The number of nitrogens with zero attached hydrogens (tertiary/aromatic N) is 5. The van der Waals surface area contributed by atoms with Gasteiger partial charge >= 0.3 is 6.18 Å². The van der Waals surface area contributed by atoms with E-state index in [1.165, 1.54) is 17.8 Å². The Labute approximate surface area is 344 Å². The third-order valence-corrected chi connectivity index (χ3v) is 11.7. The number of carbonyl (C=O) groups is 1. The molecule has 0 unspecified atom stereocenters. The lowest BCUT2D eigenvalue weighted by molar-refractivity contribution is -0.142. The summed E-state index contributed by atoms with van der Waals surface area (Å²) in [6.07, 6.45) is -2.26. The van der Waals surface area contributed by atoms with Crippen molar-refractivity contribution in [2.75, 3.05) is 17.6 Å². The van der Waals surface area contributed by atoms with Crippen LogP contribution < -0.4 is 10.0 Å². The van der Waals surface area contributed by atoms with Crippen molar-refractivity contribution < 1.29 is 49.1 Å². The van der Waals surface area contributed by atoms with Gasteiger partial charge < -0.3 is 10.4 Å². The SMILES string of the molecule is C[C@@H]1Cc2c(C(F)(F)F)nn(CC(=O)N[C@@H](Cc3cc(F)cc(F)c3)c3nc(C#CC4(CO)CCCC4)ccc3-c3ccc(Cl)c4c(NS(C)(=O)=O)nn(C)c34)c2C1(F)F. The molecule has 1 fully saturated rings. The Balaban J connectivity index is 1.40. The van der Waals surface area contributed by atoms with Crippen molar-refractivity contribution in [3.8, 4) is 23.0 Å². The zero-order chi connectivity index (χ0) is 43.5. The smallest absolute Gasteiger partial charge is 0.395 e. The van der Waals surface area contributed by atoms with Crippen LogP contribution in [0.25, 0.3) is 22.0 Å². The van der Waals surface area contributed by atoms with Gasteiger partial charge in [0.2, 0.25) is 15.9 Å². The molecule has 1 saturated carbocycles. The number of aliphatic hydroxyl groups excluding tert-OH is 1. The Morgan fingerprint density at radius 3 is 2.37 bits per heavy atom. The number of hydrogen-bond donors (Lipinski definition) is 3. The molecule has 0 aliphatic heterocycles. The van der Waals surface area contributed by atoms with Gasteiger partial charge in [-0.2, -0.15) is 32.1 Å². The number of amides is 1. The molecule has 3 aromatic heterocycles. The summed E-state index contributed by atoms with van der Waals surface area (Å²) in [4.78, 5) is 18.8. The van der Waals surface area contributed by atoms with Crippen molar-refractivity contribution in [3.05, 3.63) is 93.0 Å². The molecule has 3 N–H and O–H groups in total. The van der Waals surface area contributed by atoms with E-state index < -0.39 is 87.0 Å². The molecule has 0 saturated heterocycles. The normalized spacial score (nSPS) is 17.6. The second kappa shape index (κ2) is 15.7. The van der Waals surface area contributed by atoms with Crippen LogP contribution in [0.15, 0.2) is 42.5 Å².